The van der Waals surface area contributed by atoms with Crippen molar-refractivity contribution in [2.45, 2.75) is 71.9 Å². The van der Waals surface area contributed by atoms with E-state index in [0.717, 1.165) is 43.7 Å². The molecule has 3 aromatic rings. The van der Waals surface area contributed by atoms with Crippen LogP contribution < -0.4 is 10.6 Å². The summed E-state index contributed by atoms with van der Waals surface area (Å²) in [6.45, 7) is 10.6. The number of oxazole rings is 1. The molecule has 0 aromatic carbocycles. The topological polar surface area (TPSA) is 118 Å². The van der Waals surface area contributed by atoms with Gasteiger partial charge in [-0.3, -0.25) is 9.48 Å². The van der Waals surface area contributed by atoms with E-state index in [2.05, 4.69) is 34.4 Å². The highest BCUT2D eigenvalue weighted by atomic mass is 16.3. The van der Waals surface area contributed by atoms with E-state index in [4.69, 9.17) is 9.52 Å². The molecule has 3 aromatic heterocycles. The minimum atomic E-state index is -1.21. The number of pyridine rings is 1. The van der Waals surface area contributed by atoms with E-state index >= 15 is 0 Å². The van der Waals surface area contributed by atoms with Crippen molar-refractivity contribution in [3.05, 3.63) is 42.2 Å². The van der Waals surface area contributed by atoms with Crippen molar-refractivity contribution in [2.75, 3.05) is 17.2 Å². The Hall–Kier alpha value is -3.20. The maximum atomic E-state index is 13.0. The van der Waals surface area contributed by atoms with Crippen LogP contribution in [0.25, 0.3) is 11.5 Å². The molecule has 1 aliphatic rings. The number of carbonyl (C=O) groups is 1. The van der Waals surface area contributed by atoms with Gasteiger partial charge < -0.3 is 20.2 Å². The van der Waals surface area contributed by atoms with E-state index in [0.29, 0.717) is 29.0 Å². The van der Waals surface area contributed by atoms with Gasteiger partial charge in [0.2, 0.25) is 5.89 Å². The number of amides is 1. The number of aromatic nitrogens is 4. The van der Waals surface area contributed by atoms with Crippen LogP contribution in [-0.2, 0) is 5.60 Å². The van der Waals surface area contributed by atoms with E-state index in [1.807, 2.05) is 23.9 Å². The summed E-state index contributed by atoms with van der Waals surface area (Å²) in [4.78, 5) is 21.6. The molecule has 0 atom stereocenters. The first-order valence-electron chi connectivity index (χ1n) is 12.4. The predicted octanol–water partition coefficient (Wildman–Crippen LogP) is 5.48. The Morgan fingerprint density at radius 1 is 1.31 bits per heavy atom. The molecule has 9 nitrogen and oxygen atoms in total. The molecule has 0 unspecified atom stereocenters. The number of hydrogen-bond donors (Lipinski definition) is 3. The summed E-state index contributed by atoms with van der Waals surface area (Å²) in [5.74, 6) is 2.04. The molecule has 0 bridgehead atoms. The van der Waals surface area contributed by atoms with E-state index in [-0.39, 0.29) is 13.2 Å². The van der Waals surface area contributed by atoms with E-state index in [9.17, 15) is 9.90 Å². The van der Waals surface area contributed by atoms with Gasteiger partial charge in [0.15, 0.2) is 5.69 Å². The van der Waals surface area contributed by atoms with Crippen LogP contribution in [0.15, 0.2) is 35.2 Å². The Morgan fingerprint density at radius 3 is 2.71 bits per heavy atom. The minimum absolute atomic E-state index is 0. The van der Waals surface area contributed by atoms with Crippen LogP contribution in [0.3, 0.4) is 0 Å². The van der Waals surface area contributed by atoms with Crippen LogP contribution in [-0.4, -0.2) is 37.3 Å². The van der Waals surface area contributed by atoms with E-state index in [1.165, 1.54) is 6.26 Å². The lowest BCUT2D eigenvalue weighted by Crippen LogP contribution is -2.23. The fourth-order valence-corrected chi connectivity index (χ4v) is 4.69. The van der Waals surface area contributed by atoms with Gasteiger partial charge in [0, 0.05) is 25.9 Å². The summed E-state index contributed by atoms with van der Waals surface area (Å²) >= 11 is 0. The van der Waals surface area contributed by atoms with Crippen molar-refractivity contribution in [3.63, 3.8) is 0 Å². The number of nitrogens with one attached hydrogen (secondary N) is 2. The van der Waals surface area contributed by atoms with Crippen molar-refractivity contribution in [1.29, 1.82) is 0 Å². The van der Waals surface area contributed by atoms with Gasteiger partial charge in [-0.25, -0.2) is 9.97 Å². The minimum Gasteiger partial charge on any atom is -0.444 e. The maximum Gasteiger partial charge on any atom is 0.277 e. The van der Waals surface area contributed by atoms with Gasteiger partial charge in [-0.1, -0.05) is 13.8 Å². The highest BCUT2D eigenvalue weighted by molar-refractivity contribution is 6.03. The zero-order valence-corrected chi connectivity index (χ0v) is 21.2. The van der Waals surface area contributed by atoms with Gasteiger partial charge >= 0.3 is 0 Å². The third-order valence-corrected chi connectivity index (χ3v) is 6.72. The highest BCUT2D eigenvalue weighted by Crippen LogP contribution is 2.37. The molecule has 3 N–H and O–H groups in total. The lowest BCUT2D eigenvalue weighted by atomic mass is 9.80. The number of carbonyl (C=O) groups excluding carboxylic acids is 1. The number of nitrogens with zero attached hydrogens (tertiary/aromatic N) is 4. The average molecular weight is 483 g/mol. The Morgan fingerprint density at radius 2 is 2.06 bits per heavy atom. The Kier molecular flexibility index (Phi) is 7.25. The van der Waals surface area contributed by atoms with Crippen LogP contribution in [0.5, 0.6) is 0 Å². The molecular weight excluding hydrogens is 444 g/mol. The molecule has 3 heterocycles. The standard InChI is InChI=1S/C26H36N6O3.H2/c1-6-27-22-13-18(11-12-28-22)25-30-21(15-35-25)24(33)29-20-14-32(31-23(20)26(4,5)34)19-9-7-17(8-10-19)16(2)3;/h11-17,19,34H,6-10H2,1-5H3,(H,27,28)(H,29,33);1H. The third-order valence-electron chi connectivity index (χ3n) is 6.72. The zero-order chi connectivity index (χ0) is 25.2. The van der Waals surface area contributed by atoms with Crippen LogP contribution in [0, 0.1) is 11.8 Å². The van der Waals surface area contributed by atoms with Gasteiger partial charge in [-0.15, -0.1) is 0 Å². The molecule has 0 spiro atoms. The first kappa shape index (κ1) is 24.9. The quantitative estimate of drug-likeness (QED) is 0.389. The molecule has 0 aliphatic heterocycles. The number of anilines is 2. The fraction of sp³-hybridized carbons (Fsp3) is 0.538. The van der Waals surface area contributed by atoms with Gasteiger partial charge in [-0.2, -0.15) is 5.10 Å². The summed E-state index contributed by atoms with van der Waals surface area (Å²) in [7, 11) is 0. The molecule has 1 saturated carbocycles. The van der Waals surface area contributed by atoms with Gasteiger partial charge in [-0.05, 0) is 70.4 Å². The lowest BCUT2D eigenvalue weighted by Gasteiger charge is -2.31. The molecule has 9 heteroatoms. The van der Waals surface area contributed by atoms with Gasteiger partial charge in [0.1, 0.15) is 23.4 Å². The summed E-state index contributed by atoms with van der Waals surface area (Å²) in [5, 5.41) is 21.5. The molecule has 1 amide bonds. The van der Waals surface area contributed by atoms with Crippen molar-refractivity contribution in [1.82, 2.24) is 19.7 Å². The predicted molar refractivity (Wildman–Crippen MR) is 137 cm³/mol. The van der Waals surface area contributed by atoms with Crippen molar-refractivity contribution >= 4 is 17.4 Å². The summed E-state index contributed by atoms with van der Waals surface area (Å²) < 4.78 is 7.48. The normalized spacial score (nSPS) is 18.6. The molecular formula is C26H38N6O3. The molecule has 1 aliphatic carbocycles. The first-order valence-corrected chi connectivity index (χ1v) is 12.4. The number of hydrogen-bond acceptors (Lipinski definition) is 7. The summed E-state index contributed by atoms with van der Waals surface area (Å²) in [6.07, 6.45) is 9.22. The average Bonchev–Trinajstić information content (AvgIpc) is 3.47. The van der Waals surface area contributed by atoms with Gasteiger partial charge in [0.25, 0.3) is 5.91 Å². The summed E-state index contributed by atoms with van der Waals surface area (Å²) in [5.41, 5.74) is 0.574. The van der Waals surface area contributed by atoms with Crippen molar-refractivity contribution < 1.29 is 15.7 Å². The Labute approximate surface area is 207 Å². The second-order valence-corrected chi connectivity index (χ2v) is 10.2. The largest absolute Gasteiger partial charge is 0.444 e. The zero-order valence-electron chi connectivity index (χ0n) is 21.2. The van der Waals surface area contributed by atoms with E-state index < -0.39 is 11.5 Å². The van der Waals surface area contributed by atoms with Crippen LogP contribution in [0.2, 0.25) is 0 Å². The second-order valence-electron chi connectivity index (χ2n) is 10.2. The fourth-order valence-electron chi connectivity index (χ4n) is 4.69. The summed E-state index contributed by atoms with van der Waals surface area (Å²) in [6, 6.07) is 3.85. The molecule has 1 fully saturated rings. The SMILES string of the molecule is CCNc1cc(-c2nc(C(=O)Nc3cn(C4CCC(C(C)C)CC4)nc3C(C)(C)O)co2)ccn1.[HH]. The van der Waals surface area contributed by atoms with E-state index in [1.54, 1.807) is 26.1 Å². The monoisotopic (exact) mass is 482 g/mol. The Bertz CT molecular complexity index is 1160. The van der Waals surface area contributed by atoms with Crippen LogP contribution in [0.4, 0.5) is 11.5 Å². The van der Waals surface area contributed by atoms with Crippen molar-refractivity contribution in [3.8, 4) is 11.5 Å². The molecule has 0 radical (unpaired) electrons. The molecule has 0 saturated heterocycles. The van der Waals surface area contributed by atoms with Crippen LogP contribution in [0.1, 0.15) is 84.0 Å². The van der Waals surface area contributed by atoms with Crippen molar-refractivity contribution in [2.24, 2.45) is 11.8 Å². The van der Waals surface area contributed by atoms with Gasteiger partial charge in [0.05, 0.1) is 11.7 Å². The number of rotatable bonds is 8. The Balaban J connectivity index is 0.00000361. The molecule has 4 rings (SSSR count). The first-order chi connectivity index (χ1) is 16.7. The second kappa shape index (κ2) is 10.2. The third kappa shape index (κ3) is 5.73. The maximum absolute atomic E-state index is 13.0. The highest BCUT2D eigenvalue weighted by Gasteiger charge is 2.30. The molecule has 35 heavy (non-hydrogen) atoms. The number of aliphatic hydroxyl groups is 1. The molecule has 190 valence electrons. The van der Waals surface area contributed by atoms with Crippen LogP contribution >= 0.6 is 0 Å². The lowest BCUT2D eigenvalue weighted by molar-refractivity contribution is 0.0729. The smallest absolute Gasteiger partial charge is 0.277 e.